The maximum Gasteiger partial charge on any atom is 0.254 e. The first-order valence-corrected chi connectivity index (χ1v) is 7.09. The van der Waals surface area contributed by atoms with Gasteiger partial charge in [0.25, 0.3) is 5.91 Å². The molecule has 96 valence electrons. The van der Waals surface area contributed by atoms with E-state index >= 15 is 0 Å². The molecular formula is C14H17NO2S. The molecule has 3 nitrogen and oxygen atoms in total. The standard InChI is InChI=1S/C14H17NO2S/c1-11-5-4-7-15(11)14(17)12-9-13(18-10-12)6-2-3-8-16/h9-11,16H,3-5,7-8H2,1H3. The molecule has 4 heteroatoms. The van der Waals surface area contributed by atoms with E-state index in [-0.39, 0.29) is 12.5 Å². The number of aliphatic hydroxyl groups is 1. The zero-order valence-corrected chi connectivity index (χ0v) is 11.3. The summed E-state index contributed by atoms with van der Waals surface area (Å²) in [7, 11) is 0. The third kappa shape index (κ3) is 2.92. The fourth-order valence-corrected chi connectivity index (χ4v) is 2.87. The first kappa shape index (κ1) is 13.1. The molecule has 1 unspecified atom stereocenters. The SMILES string of the molecule is CC1CCCN1C(=O)c1csc(C#CCCO)c1. The normalized spacial score (nSPS) is 18.6. The topological polar surface area (TPSA) is 40.5 Å². The minimum absolute atomic E-state index is 0.0788. The number of hydrogen-bond donors (Lipinski definition) is 1. The fraction of sp³-hybridized carbons (Fsp3) is 0.500. The summed E-state index contributed by atoms with van der Waals surface area (Å²) in [4.78, 5) is 15.1. The molecule has 1 fully saturated rings. The van der Waals surface area contributed by atoms with Gasteiger partial charge < -0.3 is 10.0 Å². The largest absolute Gasteiger partial charge is 0.395 e. The summed E-state index contributed by atoms with van der Waals surface area (Å²) < 4.78 is 0. The van der Waals surface area contributed by atoms with E-state index in [1.807, 2.05) is 16.3 Å². The molecule has 1 aromatic heterocycles. The molecule has 2 rings (SSSR count). The Hall–Kier alpha value is -1.31. The number of likely N-dealkylation sites (tertiary alicyclic amines) is 1. The number of amides is 1. The van der Waals surface area contributed by atoms with Gasteiger partial charge in [0, 0.05) is 24.4 Å². The van der Waals surface area contributed by atoms with Crippen LogP contribution in [0.4, 0.5) is 0 Å². The molecule has 0 aromatic carbocycles. The predicted molar refractivity (Wildman–Crippen MR) is 72.6 cm³/mol. The van der Waals surface area contributed by atoms with Crippen molar-refractivity contribution >= 4 is 17.2 Å². The van der Waals surface area contributed by atoms with Crippen LogP contribution in [0.2, 0.25) is 0 Å². The van der Waals surface area contributed by atoms with Gasteiger partial charge in [0.15, 0.2) is 0 Å². The van der Waals surface area contributed by atoms with E-state index in [1.54, 1.807) is 0 Å². The fourth-order valence-electron chi connectivity index (χ4n) is 2.12. The molecule has 1 atom stereocenters. The lowest BCUT2D eigenvalue weighted by molar-refractivity contribution is 0.0748. The summed E-state index contributed by atoms with van der Waals surface area (Å²) in [6.07, 6.45) is 2.67. The van der Waals surface area contributed by atoms with Crippen molar-refractivity contribution in [3.63, 3.8) is 0 Å². The van der Waals surface area contributed by atoms with Crippen molar-refractivity contribution in [3.8, 4) is 11.8 Å². The summed E-state index contributed by atoms with van der Waals surface area (Å²) in [5.41, 5.74) is 0.738. The van der Waals surface area contributed by atoms with Crippen molar-refractivity contribution < 1.29 is 9.90 Å². The molecule has 1 aliphatic heterocycles. The first-order valence-electron chi connectivity index (χ1n) is 6.21. The molecule has 0 bridgehead atoms. The highest BCUT2D eigenvalue weighted by Crippen LogP contribution is 2.22. The third-order valence-electron chi connectivity index (χ3n) is 3.11. The molecule has 18 heavy (non-hydrogen) atoms. The van der Waals surface area contributed by atoms with Crippen LogP contribution in [0.15, 0.2) is 11.4 Å². The number of thiophene rings is 1. The Bertz CT molecular complexity index is 483. The van der Waals surface area contributed by atoms with E-state index in [1.165, 1.54) is 11.3 Å². The van der Waals surface area contributed by atoms with Gasteiger partial charge in [-0.1, -0.05) is 11.8 Å². The van der Waals surface area contributed by atoms with Crippen molar-refractivity contribution in [2.24, 2.45) is 0 Å². The lowest BCUT2D eigenvalue weighted by Crippen LogP contribution is -2.33. The van der Waals surface area contributed by atoms with Crippen molar-refractivity contribution in [3.05, 3.63) is 21.9 Å². The molecule has 1 N–H and O–H groups in total. The smallest absolute Gasteiger partial charge is 0.254 e. The Kier molecular flexibility index (Phi) is 4.40. The van der Waals surface area contributed by atoms with E-state index in [9.17, 15) is 4.79 Å². The van der Waals surface area contributed by atoms with Crippen molar-refractivity contribution in [2.45, 2.75) is 32.2 Å². The van der Waals surface area contributed by atoms with E-state index in [0.717, 1.165) is 29.8 Å². The van der Waals surface area contributed by atoms with Crippen LogP contribution in [0, 0.1) is 11.8 Å². The van der Waals surface area contributed by atoms with Crippen molar-refractivity contribution in [1.29, 1.82) is 0 Å². The molecule has 1 aliphatic rings. The quantitative estimate of drug-likeness (QED) is 0.830. The number of aliphatic hydroxyl groups excluding tert-OH is 1. The van der Waals surface area contributed by atoms with Crippen molar-refractivity contribution in [2.75, 3.05) is 13.2 Å². The van der Waals surface area contributed by atoms with Gasteiger partial charge in [-0.25, -0.2) is 0 Å². The Balaban J connectivity index is 2.06. The van der Waals surface area contributed by atoms with Gasteiger partial charge in [0.2, 0.25) is 0 Å². The Morgan fingerprint density at radius 3 is 3.17 bits per heavy atom. The van der Waals surface area contributed by atoms with Gasteiger partial charge in [-0.05, 0) is 25.8 Å². The second kappa shape index (κ2) is 6.03. The van der Waals surface area contributed by atoms with Gasteiger partial charge in [0.05, 0.1) is 17.0 Å². The van der Waals surface area contributed by atoms with Gasteiger partial charge in [-0.3, -0.25) is 4.79 Å². The minimum atomic E-state index is 0.0788. The molecule has 0 radical (unpaired) electrons. The van der Waals surface area contributed by atoms with Crippen LogP contribution in [0.25, 0.3) is 0 Å². The summed E-state index contributed by atoms with van der Waals surface area (Å²) in [5.74, 6) is 5.94. The van der Waals surface area contributed by atoms with Crippen LogP contribution < -0.4 is 0 Å². The second-order valence-electron chi connectivity index (χ2n) is 4.46. The third-order valence-corrected chi connectivity index (χ3v) is 3.95. The van der Waals surface area contributed by atoms with Crippen LogP contribution in [0.1, 0.15) is 41.4 Å². The zero-order valence-electron chi connectivity index (χ0n) is 10.5. The average Bonchev–Trinajstić information content (AvgIpc) is 2.98. The molecule has 1 amide bonds. The highest BCUT2D eigenvalue weighted by molar-refractivity contribution is 7.10. The molecule has 0 saturated carbocycles. The van der Waals surface area contributed by atoms with Gasteiger partial charge >= 0.3 is 0 Å². The Morgan fingerprint density at radius 1 is 1.67 bits per heavy atom. The number of hydrogen-bond acceptors (Lipinski definition) is 3. The molecule has 1 saturated heterocycles. The van der Waals surface area contributed by atoms with Crippen LogP contribution in [-0.4, -0.2) is 35.1 Å². The predicted octanol–water partition coefficient (Wildman–Crippen LogP) is 2.11. The van der Waals surface area contributed by atoms with Crippen LogP contribution in [0.5, 0.6) is 0 Å². The van der Waals surface area contributed by atoms with Crippen LogP contribution in [0.3, 0.4) is 0 Å². The number of carbonyl (C=O) groups is 1. The zero-order chi connectivity index (χ0) is 13.0. The average molecular weight is 263 g/mol. The lowest BCUT2D eigenvalue weighted by atomic mass is 10.2. The molecule has 1 aromatic rings. The van der Waals surface area contributed by atoms with Gasteiger partial charge in [-0.15, -0.1) is 11.3 Å². The Labute approximate surface area is 111 Å². The minimum Gasteiger partial charge on any atom is -0.395 e. The highest BCUT2D eigenvalue weighted by Gasteiger charge is 2.26. The summed E-state index contributed by atoms with van der Waals surface area (Å²) in [6.45, 7) is 3.04. The van der Waals surface area contributed by atoms with Gasteiger partial charge in [-0.2, -0.15) is 0 Å². The number of nitrogens with zero attached hydrogens (tertiary/aromatic N) is 1. The molecular weight excluding hydrogens is 246 g/mol. The summed E-state index contributed by atoms with van der Waals surface area (Å²) >= 11 is 1.49. The van der Waals surface area contributed by atoms with E-state index in [2.05, 4.69) is 18.8 Å². The summed E-state index contributed by atoms with van der Waals surface area (Å²) in [6, 6.07) is 2.20. The first-order chi connectivity index (χ1) is 8.72. The molecule has 2 heterocycles. The summed E-state index contributed by atoms with van der Waals surface area (Å²) in [5, 5.41) is 10.5. The monoisotopic (exact) mass is 263 g/mol. The van der Waals surface area contributed by atoms with E-state index in [0.29, 0.717) is 12.5 Å². The second-order valence-corrected chi connectivity index (χ2v) is 5.38. The molecule has 0 spiro atoms. The van der Waals surface area contributed by atoms with Gasteiger partial charge in [0.1, 0.15) is 0 Å². The van der Waals surface area contributed by atoms with Crippen LogP contribution in [-0.2, 0) is 0 Å². The number of carbonyl (C=O) groups excluding carboxylic acids is 1. The van der Waals surface area contributed by atoms with Crippen molar-refractivity contribution in [1.82, 2.24) is 4.90 Å². The lowest BCUT2D eigenvalue weighted by Gasteiger charge is -2.20. The van der Waals surface area contributed by atoms with Crippen LogP contribution >= 0.6 is 11.3 Å². The Morgan fingerprint density at radius 2 is 2.50 bits per heavy atom. The maximum atomic E-state index is 12.2. The maximum absolute atomic E-state index is 12.2. The highest BCUT2D eigenvalue weighted by atomic mass is 32.1. The van der Waals surface area contributed by atoms with E-state index in [4.69, 9.17) is 5.11 Å². The van der Waals surface area contributed by atoms with E-state index < -0.39 is 0 Å². The molecule has 0 aliphatic carbocycles. The number of rotatable bonds is 2.